The minimum Gasteiger partial charge on any atom is -0.265 e. The van der Waals surface area contributed by atoms with E-state index in [2.05, 4.69) is 17.2 Å². The molecule has 0 bridgehead atoms. The Morgan fingerprint density at radius 2 is 2.15 bits per heavy atom. The predicted octanol–water partition coefficient (Wildman–Crippen LogP) is 2.88. The monoisotopic (exact) mass is 174 g/mol. The number of hydrogen-bond donors (Lipinski definition) is 0. The number of carbonyl (C=O) groups is 1. The van der Waals surface area contributed by atoms with Gasteiger partial charge in [0.1, 0.15) is 0 Å². The number of carbonyl (C=O) groups excluding carboxylic acids is 1. The molecular formula is C10H10N2O. The first-order valence-corrected chi connectivity index (χ1v) is 4.41. The van der Waals surface area contributed by atoms with Crippen LogP contribution < -0.4 is 0 Å². The highest BCUT2D eigenvalue weighted by molar-refractivity contribution is 6.03. The Labute approximate surface area is 76.5 Å². The summed E-state index contributed by atoms with van der Waals surface area (Å²) in [5.74, 6) is -0.195. The summed E-state index contributed by atoms with van der Waals surface area (Å²) in [5.41, 5.74) is 2.48. The number of benzene rings is 1. The lowest BCUT2D eigenvalue weighted by molar-refractivity contribution is 0.100. The third-order valence-corrected chi connectivity index (χ3v) is 2.11. The van der Waals surface area contributed by atoms with Crippen molar-refractivity contribution in [2.45, 2.75) is 19.8 Å². The Hall–Kier alpha value is -1.51. The summed E-state index contributed by atoms with van der Waals surface area (Å²) in [6, 6.07) is 5.71. The SMILES string of the molecule is CCCc1cccc2c1C(=O)N=N2. The fourth-order valence-corrected chi connectivity index (χ4v) is 1.54. The minimum absolute atomic E-state index is 0.195. The third kappa shape index (κ3) is 1.26. The van der Waals surface area contributed by atoms with Gasteiger partial charge in [-0.2, -0.15) is 0 Å². The molecule has 0 fully saturated rings. The molecule has 0 N–H and O–H groups in total. The summed E-state index contributed by atoms with van der Waals surface area (Å²) in [4.78, 5) is 11.3. The van der Waals surface area contributed by atoms with Gasteiger partial charge in [0.25, 0.3) is 5.91 Å². The van der Waals surface area contributed by atoms with Crippen LogP contribution in [0.15, 0.2) is 28.4 Å². The van der Waals surface area contributed by atoms with Crippen molar-refractivity contribution in [3.05, 3.63) is 29.3 Å². The summed E-state index contributed by atoms with van der Waals surface area (Å²) in [6.45, 7) is 2.09. The first kappa shape index (κ1) is 8.10. The van der Waals surface area contributed by atoms with Gasteiger partial charge >= 0.3 is 0 Å². The van der Waals surface area contributed by atoms with Crippen molar-refractivity contribution < 1.29 is 4.79 Å². The van der Waals surface area contributed by atoms with Crippen molar-refractivity contribution in [1.82, 2.24) is 0 Å². The molecule has 1 aromatic carbocycles. The van der Waals surface area contributed by atoms with Gasteiger partial charge in [-0.15, -0.1) is 10.2 Å². The van der Waals surface area contributed by atoms with Gasteiger partial charge in [-0.1, -0.05) is 25.5 Å². The van der Waals surface area contributed by atoms with E-state index in [1.807, 2.05) is 18.2 Å². The van der Waals surface area contributed by atoms with Crippen molar-refractivity contribution in [3.8, 4) is 0 Å². The molecule has 0 radical (unpaired) electrons. The zero-order chi connectivity index (χ0) is 9.26. The van der Waals surface area contributed by atoms with E-state index in [0.717, 1.165) is 24.1 Å². The average Bonchev–Trinajstić information content (AvgIpc) is 2.50. The predicted molar refractivity (Wildman–Crippen MR) is 49.3 cm³/mol. The summed E-state index contributed by atoms with van der Waals surface area (Å²) < 4.78 is 0. The Kier molecular flexibility index (Phi) is 1.93. The average molecular weight is 174 g/mol. The number of rotatable bonds is 2. The van der Waals surface area contributed by atoms with Crippen LogP contribution in [0, 0.1) is 0 Å². The van der Waals surface area contributed by atoms with Gasteiger partial charge in [0, 0.05) is 0 Å². The normalized spacial score (nSPS) is 13.5. The number of amides is 1. The van der Waals surface area contributed by atoms with Crippen LogP contribution in [-0.2, 0) is 6.42 Å². The van der Waals surface area contributed by atoms with E-state index in [1.165, 1.54) is 0 Å². The van der Waals surface area contributed by atoms with Crippen LogP contribution in [0.25, 0.3) is 0 Å². The molecule has 0 spiro atoms. The van der Waals surface area contributed by atoms with Crippen LogP contribution in [0.4, 0.5) is 5.69 Å². The van der Waals surface area contributed by atoms with Crippen molar-refractivity contribution in [3.63, 3.8) is 0 Å². The van der Waals surface area contributed by atoms with E-state index < -0.39 is 0 Å². The zero-order valence-corrected chi connectivity index (χ0v) is 7.45. The van der Waals surface area contributed by atoms with Gasteiger partial charge in [0.15, 0.2) is 0 Å². The molecule has 66 valence electrons. The second kappa shape index (κ2) is 3.09. The quantitative estimate of drug-likeness (QED) is 0.679. The molecule has 0 aliphatic carbocycles. The molecule has 1 heterocycles. The molecule has 13 heavy (non-hydrogen) atoms. The Bertz CT molecular complexity index is 383. The van der Waals surface area contributed by atoms with Gasteiger partial charge in [0.05, 0.1) is 11.3 Å². The van der Waals surface area contributed by atoms with Crippen LogP contribution in [0.1, 0.15) is 29.3 Å². The van der Waals surface area contributed by atoms with Gasteiger partial charge in [-0.3, -0.25) is 4.79 Å². The summed E-state index contributed by atoms with van der Waals surface area (Å²) in [7, 11) is 0. The largest absolute Gasteiger partial charge is 0.297 e. The number of hydrogen-bond acceptors (Lipinski definition) is 2. The standard InChI is InChI=1S/C10H10N2O/c1-2-4-7-5-3-6-8-9(7)10(13)12-11-8/h3,5-6H,2,4H2,1H3. The molecule has 1 amide bonds. The van der Waals surface area contributed by atoms with Gasteiger partial charge in [-0.05, 0) is 18.1 Å². The van der Waals surface area contributed by atoms with E-state index in [4.69, 9.17) is 0 Å². The maximum absolute atomic E-state index is 11.3. The van der Waals surface area contributed by atoms with Crippen LogP contribution in [0.2, 0.25) is 0 Å². The highest BCUT2D eigenvalue weighted by Crippen LogP contribution is 2.29. The van der Waals surface area contributed by atoms with Crippen LogP contribution in [0.5, 0.6) is 0 Å². The van der Waals surface area contributed by atoms with Crippen LogP contribution in [-0.4, -0.2) is 5.91 Å². The molecule has 1 aromatic rings. The third-order valence-electron chi connectivity index (χ3n) is 2.11. The van der Waals surface area contributed by atoms with E-state index in [9.17, 15) is 4.79 Å². The highest BCUT2D eigenvalue weighted by atomic mass is 16.2. The molecule has 0 saturated heterocycles. The van der Waals surface area contributed by atoms with Crippen molar-refractivity contribution >= 4 is 11.6 Å². The number of aryl methyl sites for hydroxylation is 1. The maximum atomic E-state index is 11.3. The molecule has 0 saturated carbocycles. The zero-order valence-electron chi connectivity index (χ0n) is 7.45. The van der Waals surface area contributed by atoms with Gasteiger partial charge in [0.2, 0.25) is 0 Å². The molecule has 3 nitrogen and oxygen atoms in total. The van der Waals surface area contributed by atoms with E-state index >= 15 is 0 Å². The van der Waals surface area contributed by atoms with Crippen LogP contribution in [0.3, 0.4) is 0 Å². The molecule has 0 atom stereocenters. The van der Waals surface area contributed by atoms with E-state index in [0.29, 0.717) is 5.56 Å². The fourth-order valence-electron chi connectivity index (χ4n) is 1.54. The lowest BCUT2D eigenvalue weighted by Gasteiger charge is -2.02. The lowest BCUT2D eigenvalue weighted by Crippen LogP contribution is -1.96. The van der Waals surface area contributed by atoms with E-state index in [-0.39, 0.29) is 5.91 Å². The molecule has 1 aliphatic heterocycles. The first-order valence-electron chi connectivity index (χ1n) is 4.41. The number of nitrogens with zero attached hydrogens (tertiary/aromatic N) is 2. The Morgan fingerprint density at radius 3 is 2.92 bits per heavy atom. The summed E-state index contributed by atoms with van der Waals surface area (Å²) in [6.07, 6.45) is 1.95. The number of fused-ring (bicyclic) bond motifs is 1. The second-order valence-corrected chi connectivity index (χ2v) is 3.07. The maximum Gasteiger partial charge on any atom is 0.297 e. The molecule has 3 heteroatoms. The van der Waals surface area contributed by atoms with Crippen molar-refractivity contribution in [1.29, 1.82) is 0 Å². The smallest absolute Gasteiger partial charge is 0.265 e. The molecular weight excluding hydrogens is 164 g/mol. The van der Waals surface area contributed by atoms with Gasteiger partial charge in [-0.25, -0.2) is 0 Å². The fraction of sp³-hybridized carbons (Fsp3) is 0.300. The molecule has 0 aromatic heterocycles. The lowest BCUT2D eigenvalue weighted by atomic mass is 10.0. The number of azo groups is 1. The first-order chi connectivity index (χ1) is 6.33. The van der Waals surface area contributed by atoms with Crippen LogP contribution >= 0.6 is 0 Å². The highest BCUT2D eigenvalue weighted by Gasteiger charge is 2.20. The molecule has 1 aliphatic rings. The Balaban J connectivity index is 2.50. The van der Waals surface area contributed by atoms with Crippen molar-refractivity contribution in [2.75, 3.05) is 0 Å². The minimum atomic E-state index is -0.195. The Morgan fingerprint density at radius 1 is 1.31 bits per heavy atom. The second-order valence-electron chi connectivity index (χ2n) is 3.07. The van der Waals surface area contributed by atoms with E-state index in [1.54, 1.807) is 0 Å². The molecule has 0 unspecified atom stereocenters. The molecule has 2 rings (SSSR count). The van der Waals surface area contributed by atoms with Crippen molar-refractivity contribution in [2.24, 2.45) is 10.2 Å². The summed E-state index contributed by atoms with van der Waals surface area (Å²) in [5, 5.41) is 7.33. The summed E-state index contributed by atoms with van der Waals surface area (Å²) >= 11 is 0. The topological polar surface area (TPSA) is 41.8 Å². The van der Waals surface area contributed by atoms with Gasteiger partial charge < -0.3 is 0 Å².